The van der Waals surface area contributed by atoms with E-state index in [1.165, 1.54) is 6.92 Å². The zero-order chi connectivity index (χ0) is 10.9. The van der Waals surface area contributed by atoms with Crippen molar-refractivity contribution < 1.29 is 26.7 Å². The Kier molecular flexibility index (Phi) is 2.93. The highest BCUT2D eigenvalue weighted by Gasteiger charge is 2.26. The number of halogens is 5. The largest absolute Gasteiger partial charge is 0.481 e. The van der Waals surface area contributed by atoms with E-state index in [2.05, 4.69) is 4.74 Å². The molecule has 0 spiro atoms. The zero-order valence-electron chi connectivity index (χ0n) is 6.88. The van der Waals surface area contributed by atoms with Gasteiger partial charge in [-0.25, -0.2) is 13.2 Å². The van der Waals surface area contributed by atoms with Crippen molar-refractivity contribution in [2.45, 2.75) is 6.92 Å². The number of hydrogen-bond donors (Lipinski definition) is 0. The molecule has 0 heterocycles. The van der Waals surface area contributed by atoms with Crippen LogP contribution >= 0.6 is 0 Å². The van der Waals surface area contributed by atoms with E-state index in [9.17, 15) is 22.0 Å². The molecule has 6 heteroatoms. The molecule has 0 saturated carbocycles. The van der Waals surface area contributed by atoms with E-state index in [0.29, 0.717) is 0 Å². The topological polar surface area (TPSA) is 9.23 Å². The van der Waals surface area contributed by atoms with Crippen molar-refractivity contribution in [3.8, 4) is 5.75 Å². The summed E-state index contributed by atoms with van der Waals surface area (Å²) in [6, 6.07) is 0. The second-order valence-electron chi connectivity index (χ2n) is 2.25. The van der Waals surface area contributed by atoms with Gasteiger partial charge in [-0.3, -0.25) is 0 Å². The third kappa shape index (κ3) is 1.51. The van der Waals surface area contributed by atoms with E-state index in [1.807, 2.05) is 0 Å². The second-order valence-corrected chi connectivity index (χ2v) is 2.25. The van der Waals surface area contributed by atoms with E-state index in [0.717, 1.165) is 6.61 Å². The summed E-state index contributed by atoms with van der Waals surface area (Å²) in [7, 11) is 0. The van der Waals surface area contributed by atoms with E-state index in [-0.39, 0.29) is 0 Å². The molecule has 1 aromatic carbocycles. The van der Waals surface area contributed by atoms with Crippen molar-refractivity contribution in [2.24, 2.45) is 0 Å². The lowest BCUT2D eigenvalue weighted by molar-refractivity contribution is 0.312. The van der Waals surface area contributed by atoms with Crippen LogP contribution in [0.2, 0.25) is 0 Å². The summed E-state index contributed by atoms with van der Waals surface area (Å²) in [5.74, 6) is -11.5. The van der Waals surface area contributed by atoms with Gasteiger partial charge < -0.3 is 4.74 Å². The quantitative estimate of drug-likeness (QED) is 0.415. The summed E-state index contributed by atoms with van der Waals surface area (Å²) in [5.41, 5.74) is 0. The summed E-state index contributed by atoms with van der Waals surface area (Å²) in [6.45, 7) is 2.04. The Labute approximate surface area is 76.1 Å². The number of hydrogen-bond acceptors (Lipinski definition) is 1. The Morgan fingerprint density at radius 2 is 1.14 bits per heavy atom. The van der Waals surface area contributed by atoms with Crippen LogP contribution in [-0.2, 0) is 0 Å². The van der Waals surface area contributed by atoms with Gasteiger partial charge in [0.15, 0.2) is 5.75 Å². The summed E-state index contributed by atoms with van der Waals surface area (Å²) in [4.78, 5) is 0. The summed E-state index contributed by atoms with van der Waals surface area (Å²) >= 11 is 0. The Hall–Kier alpha value is -1.33. The van der Waals surface area contributed by atoms with Gasteiger partial charge in [0, 0.05) is 0 Å². The van der Waals surface area contributed by atoms with Gasteiger partial charge in [-0.2, -0.15) is 8.78 Å². The van der Waals surface area contributed by atoms with E-state index >= 15 is 0 Å². The highest BCUT2D eigenvalue weighted by atomic mass is 19.2. The molecule has 1 rings (SSSR count). The number of ether oxygens (including phenoxy) is 1. The predicted octanol–water partition coefficient (Wildman–Crippen LogP) is 2.94. The van der Waals surface area contributed by atoms with E-state index < -0.39 is 34.8 Å². The fraction of sp³-hybridized carbons (Fsp3) is 0.125. The molecule has 0 saturated heterocycles. The summed E-state index contributed by atoms with van der Waals surface area (Å²) in [5, 5.41) is 0. The molecule has 0 N–H and O–H groups in total. The molecule has 0 fully saturated rings. The lowest BCUT2D eigenvalue weighted by atomic mass is 10.2. The maximum Gasteiger partial charge on any atom is 0.207 e. The van der Waals surface area contributed by atoms with Gasteiger partial charge in [0.05, 0.1) is 0 Å². The fourth-order valence-corrected chi connectivity index (χ4v) is 0.806. The van der Waals surface area contributed by atoms with Crippen molar-refractivity contribution in [3.63, 3.8) is 0 Å². The molecule has 0 bridgehead atoms. The van der Waals surface area contributed by atoms with Crippen molar-refractivity contribution in [1.82, 2.24) is 0 Å². The van der Waals surface area contributed by atoms with Crippen LogP contribution in [0.3, 0.4) is 0 Å². The zero-order valence-corrected chi connectivity index (χ0v) is 6.88. The summed E-state index contributed by atoms with van der Waals surface area (Å²) in [6.07, 6.45) is 0. The van der Waals surface area contributed by atoms with Gasteiger partial charge in [0.2, 0.25) is 29.1 Å². The predicted molar refractivity (Wildman–Crippen MR) is 36.8 cm³/mol. The number of benzene rings is 1. The first kappa shape index (κ1) is 10.7. The lowest BCUT2D eigenvalue weighted by Crippen LogP contribution is -2.04. The smallest absolute Gasteiger partial charge is 0.207 e. The number of rotatable bonds is 2. The first-order valence-corrected chi connectivity index (χ1v) is 3.46. The van der Waals surface area contributed by atoms with Crippen LogP contribution in [0.4, 0.5) is 22.0 Å². The Morgan fingerprint density at radius 1 is 0.786 bits per heavy atom. The molecule has 1 radical (unpaired) electrons. The molecule has 0 unspecified atom stereocenters. The third-order valence-corrected chi connectivity index (χ3v) is 1.41. The van der Waals surface area contributed by atoms with Gasteiger partial charge in [-0.1, -0.05) is 0 Å². The Balaban J connectivity index is 3.43. The van der Waals surface area contributed by atoms with Crippen molar-refractivity contribution in [3.05, 3.63) is 35.7 Å². The van der Waals surface area contributed by atoms with Crippen molar-refractivity contribution in [1.29, 1.82) is 0 Å². The minimum absolute atomic E-state index is 0.804. The van der Waals surface area contributed by atoms with Gasteiger partial charge in [-0.15, -0.1) is 0 Å². The minimum atomic E-state index is -2.21. The van der Waals surface area contributed by atoms with E-state index in [1.54, 1.807) is 0 Å². The molecule has 0 atom stereocenters. The summed E-state index contributed by atoms with van der Waals surface area (Å²) < 4.78 is 67.0. The molecule has 1 aromatic rings. The molecule has 0 amide bonds. The molecule has 0 aliphatic carbocycles. The first-order chi connectivity index (χ1) is 6.50. The second kappa shape index (κ2) is 3.81. The molecular weight excluding hydrogens is 207 g/mol. The third-order valence-electron chi connectivity index (χ3n) is 1.41. The minimum Gasteiger partial charge on any atom is -0.481 e. The van der Waals surface area contributed by atoms with E-state index in [4.69, 9.17) is 0 Å². The normalized spacial score (nSPS) is 10.4. The highest BCUT2D eigenvalue weighted by Crippen LogP contribution is 2.29. The van der Waals surface area contributed by atoms with Gasteiger partial charge >= 0.3 is 0 Å². The standard InChI is InChI=1S/C8H4F5O/c1-2-14-8-6(12)4(10)3(9)5(11)7(8)13/h2H,1H3. The molecule has 1 nitrogen and oxygen atoms in total. The fourth-order valence-electron chi connectivity index (χ4n) is 0.806. The first-order valence-electron chi connectivity index (χ1n) is 3.46. The maximum absolute atomic E-state index is 12.7. The SMILES string of the molecule is C[CH]Oc1c(F)c(F)c(F)c(F)c1F. The van der Waals surface area contributed by atoms with Crippen LogP contribution < -0.4 is 4.74 Å². The van der Waals surface area contributed by atoms with Crippen LogP contribution in [0.25, 0.3) is 0 Å². The maximum atomic E-state index is 12.7. The Bertz CT molecular complexity index is 334. The lowest BCUT2D eigenvalue weighted by Gasteiger charge is -2.07. The molecule has 0 aliphatic heterocycles. The average Bonchev–Trinajstić information content (AvgIpc) is 2.19. The molecule has 0 aromatic heterocycles. The van der Waals surface area contributed by atoms with Gasteiger partial charge in [-0.05, 0) is 6.92 Å². The van der Waals surface area contributed by atoms with Gasteiger partial charge in [0.1, 0.15) is 6.61 Å². The molecular formula is C8H4F5O. The van der Waals surface area contributed by atoms with Crippen molar-refractivity contribution in [2.75, 3.05) is 0 Å². The molecule has 77 valence electrons. The van der Waals surface area contributed by atoms with Crippen LogP contribution in [0, 0.1) is 35.7 Å². The average molecular weight is 211 g/mol. The van der Waals surface area contributed by atoms with Gasteiger partial charge in [0.25, 0.3) is 0 Å². The highest BCUT2D eigenvalue weighted by molar-refractivity contribution is 5.29. The monoisotopic (exact) mass is 211 g/mol. The van der Waals surface area contributed by atoms with Crippen LogP contribution in [0.5, 0.6) is 5.75 Å². The molecule has 14 heavy (non-hydrogen) atoms. The van der Waals surface area contributed by atoms with Crippen LogP contribution in [-0.4, -0.2) is 0 Å². The van der Waals surface area contributed by atoms with Crippen LogP contribution in [0.15, 0.2) is 0 Å². The van der Waals surface area contributed by atoms with Crippen LogP contribution in [0.1, 0.15) is 6.92 Å². The van der Waals surface area contributed by atoms with Crippen molar-refractivity contribution >= 4 is 0 Å². The Morgan fingerprint density at radius 3 is 1.50 bits per heavy atom. The molecule has 0 aliphatic rings.